The fourth-order valence-electron chi connectivity index (χ4n) is 2.81. The monoisotopic (exact) mass is 330 g/mol. The highest BCUT2D eigenvalue weighted by Crippen LogP contribution is 2.20. The van der Waals surface area contributed by atoms with Crippen molar-refractivity contribution in [1.82, 2.24) is 15.1 Å². The summed E-state index contributed by atoms with van der Waals surface area (Å²) >= 11 is 0. The van der Waals surface area contributed by atoms with E-state index in [2.05, 4.69) is 10.4 Å². The van der Waals surface area contributed by atoms with Crippen LogP contribution in [0.1, 0.15) is 40.1 Å². The van der Waals surface area contributed by atoms with Crippen molar-refractivity contribution in [3.05, 3.63) is 83.2 Å². The molecule has 5 heteroatoms. The van der Waals surface area contributed by atoms with Gasteiger partial charge in [0, 0.05) is 11.3 Å². The summed E-state index contributed by atoms with van der Waals surface area (Å²) in [6, 6.07) is 18.4. The van der Waals surface area contributed by atoms with Crippen molar-refractivity contribution in [1.29, 1.82) is 5.26 Å². The molecule has 124 valence electrons. The van der Waals surface area contributed by atoms with Crippen molar-refractivity contribution in [2.75, 3.05) is 0 Å². The van der Waals surface area contributed by atoms with Gasteiger partial charge in [0.2, 0.25) is 0 Å². The van der Waals surface area contributed by atoms with Crippen LogP contribution in [0.25, 0.3) is 5.69 Å². The second kappa shape index (κ2) is 7.02. The first-order valence-electron chi connectivity index (χ1n) is 8.01. The largest absolute Gasteiger partial charge is 0.345 e. The van der Waals surface area contributed by atoms with E-state index in [0.29, 0.717) is 11.1 Å². The number of rotatable bonds is 4. The molecule has 0 saturated carbocycles. The fourth-order valence-corrected chi connectivity index (χ4v) is 2.81. The lowest BCUT2D eigenvalue weighted by Gasteiger charge is -2.15. The van der Waals surface area contributed by atoms with Gasteiger partial charge in [-0.15, -0.1) is 0 Å². The molecule has 0 aliphatic heterocycles. The third-order valence-corrected chi connectivity index (χ3v) is 4.15. The third kappa shape index (κ3) is 3.29. The average molecular weight is 330 g/mol. The minimum atomic E-state index is -0.267. The Kier molecular flexibility index (Phi) is 4.62. The molecular weight excluding hydrogens is 312 g/mol. The van der Waals surface area contributed by atoms with Crippen LogP contribution < -0.4 is 5.32 Å². The first-order chi connectivity index (χ1) is 12.1. The van der Waals surface area contributed by atoms with Crippen molar-refractivity contribution in [3.63, 3.8) is 0 Å². The van der Waals surface area contributed by atoms with Crippen LogP contribution in [0.15, 0.2) is 60.8 Å². The number of carbonyl (C=O) groups excluding carboxylic acids is 1. The standard InChI is InChI=1S/C20H18N4O/c1-14(23-20(25)18-11-7-6-8-16(18)12-21)19-13-22-24(15(19)2)17-9-4-3-5-10-17/h3-11,13-14H,1-2H3,(H,23,25)/t14-/m1/s1. The van der Waals surface area contributed by atoms with Gasteiger partial charge in [0.15, 0.2) is 0 Å². The Labute approximate surface area is 146 Å². The van der Waals surface area contributed by atoms with Crippen LogP contribution in [0.2, 0.25) is 0 Å². The highest BCUT2D eigenvalue weighted by atomic mass is 16.1. The van der Waals surface area contributed by atoms with Gasteiger partial charge in [-0.3, -0.25) is 4.79 Å². The zero-order chi connectivity index (χ0) is 17.8. The summed E-state index contributed by atoms with van der Waals surface area (Å²) in [6.45, 7) is 3.88. The van der Waals surface area contributed by atoms with Gasteiger partial charge < -0.3 is 5.32 Å². The molecule has 0 unspecified atom stereocenters. The quantitative estimate of drug-likeness (QED) is 0.795. The predicted molar refractivity (Wildman–Crippen MR) is 95.3 cm³/mol. The Bertz CT molecular complexity index is 938. The van der Waals surface area contributed by atoms with E-state index in [0.717, 1.165) is 16.9 Å². The zero-order valence-corrected chi connectivity index (χ0v) is 14.1. The van der Waals surface area contributed by atoms with Crippen LogP contribution in [0.5, 0.6) is 0 Å². The van der Waals surface area contributed by atoms with Gasteiger partial charge >= 0.3 is 0 Å². The highest BCUT2D eigenvalue weighted by Gasteiger charge is 2.18. The Morgan fingerprint density at radius 2 is 1.84 bits per heavy atom. The lowest BCUT2D eigenvalue weighted by atomic mass is 10.1. The molecule has 2 aromatic carbocycles. The van der Waals surface area contributed by atoms with Crippen LogP contribution in [0.4, 0.5) is 0 Å². The second-order valence-corrected chi connectivity index (χ2v) is 5.79. The lowest BCUT2D eigenvalue weighted by Crippen LogP contribution is -2.27. The van der Waals surface area contributed by atoms with Gasteiger partial charge in [-0.25, -0.2) is 4.68 Å². The van der Waals surface area contributed by atoms with Gasteiger partial charge in [-0.1, -0.05) is 30.3 Å². The Hall–Kier alpha value is -3.39. The molecule has 0 fully saturated rings. The van der Waals surface area contributed by atoms with Crippen molar-refractivity contribution >= 4 is 5.91 Å². The number of para-hydroxylation sites is 1. The maximum Gasteiger partial charge on any atom is 0.253 e. The summed E-state index contributed by atoms with van der Waals surface area (Å²) in [6.07, 6.45) is 1.77. The van der Waals surface area contributed by atoms with E-state index in [1.165, 1.54) is 0 Å². The van der Waals surface area contributed by atoms with Crippen LogP contribution in [-0.4, -0.2) is 15.7 Å². The molecule has 1 amide bonds. The van der Waals surface area contributed by atoms with Crippen LogP contribution in [-0.2, 0) is 0 Å². The molecule has 1 atom stereocenters. The predicted octanol–water partition coefficient (Wildman–Crippen LogP) is 3.54. The summed E-state index contributed by atoms with van der Waals surface area (Å²) in [4.78, 5) is 12.5. The molecule has 0 saturated heterocycles. The van der Waals surface area contributed by atoms with Crippen LogP contribution in [0.3, 0.4) is 0 Å². The number of aromatic nitrogens is 2. The number of carbonyl (C=O) groups is 1. The van der Waals surface area contributed by atoms with Crippen LogP contribution in [0, 0.1) is 18.3 Å². The summed E-state index contributed by atoms with van der Waals surface area (Å²) in [5, 5.41) is 16.5. The van der Waals surface area contributed by atoms with E-state index in [4.69, 9.17) is 5.26 Å². The van der Waals surface area contributed by atoms with E-state index >= 15 is 0 Å². The van der Waals surface area contributed by atoms with Gasteiger partial charge in [0.1, 0.15) is 0 Å². The van der Waals surface area contributed by atoms with E-state index < -0.39 is 0 Å². The van der Waals surface area contributed by atoms with E-state index in [-0.39, 0.29) is 11.9 Å². The lowest BCUT2D eigenvalue weighted by molar-refractivity contribution is 0.0939. The number of nitrogens with zero attached hydrogens (tertiary/aromatic N) is 3. The third-order valence-electron chi connectivity index (χ3n) is 4.15. The van der Waals surface area contributed by atoms with Crippen molar-refractivity contribution in [2.24, 2.45) is 0 Å². The average Bonchev–Trinajstić information content (AvgIpc) is 3.03. The molecule has 5 nitrogen and oxygen atoms in total. The molecule has 1 aromatic heterocycles. The van der Waals surface area contributed by atoms with Gasteiger partial charge in [0.05, 0.1) is 35.1 Å². The number of amides is 1. The maximum absolute atomic E-state index is 12.5. The SMILES string of the molecule is Cc1c([C@@H](C)NC(=O)c2ccccc2C#N)cnn1-c1ccccc1. The summed E-state index contributed by atoms with van der Waals surface area (Å²) < 4.78 is 1.85. The maximum atomic E-state index is 12.5. The summed E-state index contributed by atoms with van der Waals surface area (Å²) in [5.74, 6) is -0.267. The molecular formula is C20H18N4O. The number of benzene rings is 2. The smallest absolute Gasteiger partial charge is 0.253 e. The van der Waals surface area contributed by atoms with Crippen LogP contribution >= 0.6 is 0 Å². The first-order valence-corrected chi connectivity index (χ1v) is 8.01. The van der Waals surface area contributed by atoms with Gasteiger partial charge in [-0.05, 0) is 38.1 Å². The molecule has 0 aliphatic rings. The molecule has 1 N–H and O–H groups in total. The molecule has 3 rings (SSSR count). The normalized spacial score (nSPS) is 11.6. The number of hydrogen-bond donors (Lipinski definition) is 1. The molecule has 0 radical (unpaired) electrons. The van der Waals surface area contributed by atoms with Gasteiger partial charge in [0.25, 0.3) is 5.91 Å². The van der Waals surface area contributed by atoms with Gasteiger partial charge in [-0.2, -0.15) is 10.4 Å². The van der Waals surface area contributed by atoms with E-state index in [1.807, 2.05) is 54.9 Å². The highest BCUT2D eigenvalue weighted by molar-refractivity contribution is 5.96. The number of nitrogens with one attached hydrogen (secondary N) is 1. The van der Waals surface area contributed by atoms with E-state index in [1.54, 1.807) is 30.5 Å². The fraction of sp³-hybridized carbons (Fsp3) is 0.150. The Morgan fingerprint density at radius 3 is 2.56 bits per heavy atom. The first kappa shape index (κ1) is 16.5. The Morgan fingerprint density at radius 1 is 1.16 bits per heavy atom. The van der Waals surface area contributed by atoms with E-state index in [9.17, 15) is 4.79 Å². The second-order valence-electron chi connectivity index (χ2n) is 5.79. The van der Waals surface area contributed by atoms with Crippen molar-refractivity contribution < 1.29 is 4.79 Å². The molecule has 25 heavy (non-hydrogen) atoms. The molecule has 1 heterocycles. The summed E-state index contributed by atoms with van der Waals surface area (Å²) in [5.41, 5.74) is 3.62. The molecule has 0 spiro atoms. The molecule has 3 aromatic rings. The van der Waals surface area contributed by atoms with Crippen molar-refractivity contribution in [3.8, 4) is 11.8 Å². The Balaban J connectivity index is 1.83. The summed E-state index contributed by atoms with van der Waals surface area (Å²) in [7, 11) is 0. The minimum absolute atomic E-state index is 0.225. The topological polar surface area (TPSA) is 70.7 Å². The zero-order valence-electron chi connectivity index (χ0n) is 14.1. The van der Waals surface area contributed by atoms with Crippen molar-refractivity contribution in [2.45, 2.75) is 19.9 Å². The molecule has 0 aliphatic carbocycles. The minimum Gasteiger partial charge on any atom is -0.345 e. The molecule has 0 bridgehead atoms. The number of nitriles is 1. The number of hydrogen-bond acceptors (Lipinski definition) is 3.